The Labute approximate surface area is 73.0 Å². The number of ketones is 1. The number of carbonyl (C=O) groups is 1. The van der Waals surface area contributed by atoms with Crippen molar-refractivity contribution >= 4 is 5.78 Å². The van der Waals surface area contributed by atoms with Crippen LogP contribution in [-0.4, -0.2) is 12.0 Å². The Kier molecular flexibility index (Phi) is 3.62. The largest absolute Gasteiger partial charge is 0.454 e. The number of benzene rings is 1. The van der Waals surface area contributed by atoms with E-state index in [-0.39, 0.29) is 11.7 Å². The zero-order valence-electron chi connectivity index (χ0n) is 6.38. The normalized spacial score (nSPS) is 10.4. The van der Waals surface area contributed by atoms with E-state index in [1.165, 1.54) is 12.1 Å². The summed E-state index contributed by atoms with van der Waals surface area (Å²) >= 11 is 0. The lowest BCUT2D eigenvalue weighted by Gasteiger charge is -2.03. The van der Waals surface area contributed by atoms with Crippen molar-refractivity contribution in [3.05, 3.63) is 35.9 Å². The first-order valence-electron chi connectivity index (χ1n) is 3.18. The van der Waals surface area contributed by atoms with E-state index in [1.807, 2.05) is 0 Å². The minimum atomic E-state index is -4.78. The third kappa shape index (κ3) is 2.87. The number of alkyl halides is 3. The quantitative estimate of drug-likeness (QED) is 0.621. The highest BCUT2D eigenvalue weighted by Crippen LogP contribution is 2.20. The summed E-state index contributed by atoms with van der Waals surface area (Å²) in [5.41, 5.74) is -0.329. The van der Waals surface area contributed by atoms with Crippen LogP contribution < -0.4 is 6.15 Å². The van der Waals surface area contributed by atoms with Gasteiger partial charge in [0.05, 0.1) is 0 Å². The van der Waals surface area contributed by atoms with E-state index in [1.54, 1.807) is 6.07 Å². The molecule has 0 aromatic heterocycles. The fourth-order valence-electron chi connectivity index (χ4n) is 0.753. The lowest BCUT2D eigenvalue weighted by Crippen LogP contribution is -2.22. The number of rotatable bonds is 1. The third-order valence-corrected chi connectivity index (χ3v) is 1.29. The fourth-order valence-corrected chi connectivity index (χ4v) is 0.753. The van der Waals surface area contributed by atoms with Gasteiger partial charge in [0.2, 0.25) is 0 Å². The molecule has 1 aromatic carbocycles. The van der Waals surface area contributed by atoms with Gasteiger partial charge in [-0.15, -0.1) is 0 Å². The van der Waals surface area contributed by atoms with Gasteiger partial charge in [0, 0.05) is 11.7 Å². The molecule has 0 saturated carbocycles. The van der Waals surface area contributed by atoms with Gasteiger partial charge in [0.1, 0.15) is 0 Å². The highest BCUT2D eigenvalue weighted by molar-refractivity contribution is 6.00. The highest BCUT2D eigenvalue weighted by Gasteiger charge is 2.38. The Morgan fingerprint density at radius 2 is 1.54 bits per heavy atom. The predicted molar refractivity (Wildman–Crippen MR) is 39.0 cm³/mol. The van der Waals surface area contributed by atoms with Gasteiger partial charge < -0.3 is 0 Å². The molecule has 13 heavy (non-hydrogen) atoms. The van der Waals surface area contributed by atoms with Gasteiger partial charge in [-0.3, -0.25) is 4.79 Å². The molecule has 69 valence electrons. The van der Waals surface area contributed by atoms with Crippen LogP contribution in [0.1, 0.15) is 10.4 Å². The van der Waals surface area contributed by atoms with Gasteiger partial charge in [-0.1, -0.05) is 30.3 Å². The van der Waals surface area contributed by atoms with E-state index in [2.05, 4.69) is 0 Å². The second-order valence-corrected chi connectivity index (χ2v) is 2.19. The molecule has 0 saturated heterocycles. The second kappa shape index (κ2) is 4.04. The second-order valence-electron chi connectivity index (χ2n) is 2.19. The average Bonchev–Trinajstić information content (AvgIpc) is 2.03. The molecule has 0 unspecified atom stereocenters. The maximum atomic E-state index is 11.8. The minimum Gasteiger partial charge on any atom is -0.284 e. The Morgan fingerprint density at radius 3 is 1.92 bits per heavy atom. The summed E-state index contributed by atoms with van der Waals surface area (Å²) in [5, 5.41) is 0. The SMILES string of the molecule is O=C(c1ccccc1)C(F)(F)F.[N]. The van der Waals surface area contributed by atoms with Gasteiger partial charge in [0.25, 0.3) is 5.78 Å². The number of halogens is 3. The van der Waals surface area contributed by atoms with Crippen molar-refractivity contribution in [1.29, 1.82) is 0 Å². The maximum absolute atomic E-state index is 11.8. The van der Waals surface area contributed by atoms with Crippen molar-refractivity contribution in [2.75, 3.05) is 0 Å². The van der Waals surface area contributed by atoms with Crippen molar-refractivity contribution < 1.29 is 18.0 Å². The van der Waals surface area contributed by atoms with E-state index >= 15 is 0 Å². The highest BCUT2D eigenvalue weighted by atomic mass is 19.4. The molecule has 0 atom stereocenters. The number of hydrogen-bond donors (Lipinski definition) is 0. The summed E-state index contributed by atoms with van der Waals surface area (Å²) in [4.78, 5) is 10.5. The zero-order chi connectivity index (χ0) is 9.19. The van der Waals surface area contributed by atoms with Crippen LogP contribution in [0.5, 0.6) is 0 Å². The summed E-state index contributed by atoms with van der Waals surface area (Å²) in [5.74, 6) is -1.80. The molecule has 2 nitrogen and oxygen atoms in total. The van der Waals surface area contributed by atoms with Crippen LogP contribution in [0, 0.1) is 0 Å². The minimum absolute atomic E-state index is 0. The van der Waals surface area contributed by atoms with Gasteiger partial charge in [0.15, 0.2) is 0 Å². The van der Waals surface area contributed by atoms with Crippen molar-refractivity contribution in [1.82, 2.24) is 6.15 Å². The smallest absolute Gasteiger partial charge is 0.284 e. The topological polar surface area (TPSA) is 47.6 Å². The Balaban J connectivity index is 0.00000144. The molecule has 0 heterocycles. The van der Waals surface area contributed by atoms with Crippen molar-refractivity contribution in [3.63, 3.8) is 0 Å². The van der Waals surface area contributed by atoms with Gasteiger partial charge in [-0.25, -0.2) is 0 Å². The van der Waals surface area contributed by atoms with Gasteiger partial charge >= 0.3 is 6.18 Å². The lowest BCUT2D eigenvalue weighted by molar-refractivity contribution is -0.0885. The first-order chi connectivity index (χ1) is 5.52. The molecule has 0 bridgehead atoms. The number of nitrogens with zero attached hydrogens (tertiary/aromatic N) is 1. The Morgan fingerprint density at radius 1 is 1.08 bits per heavy atom. The Hall–Kier alpha value is -1.36. The molecule has 0 aliphatic rings. The van der Waals surface area contributed by atoms with Crippen LogP contribution >= 0.6 is 0 Å². The molecule has 1 aromatic rings. The van der Waals surface area contributed by atoms with Gasteiger partial charge in [-0.2, -0.15) is 13.2 Å². The molecule has 5 heteroatoms. The fraction of sp³-hybridized carbons (Fsp3) is 0.125. The summed E-state index contributed by atoms with van der Waals surface area (Å²) in [6.07, 6.45) is -4.78. The molecule has 0 aliphatic carbocycles. The van der Waals surface area contributed by atoms with Crippen LogP contribution in [0.3, 0.4) is 0 Å². The number of Topliss-reactive ketones (excluding diaryl/α,β-unsaturated/α-hetero) is 1. The lowest BCUT2D eigenvalue weighted by atomic mass is 10.1. The van der Waals surface area contributed by atoms with Gasteiger partial charge in [-0.05, 0) is 0 Å². The summed E-state index contributed by atoms with van der Waals surface area (Å²) in [6, 6.07) is 6.59. The Bertz CT molecular complexity index is 281. The third-order valence-electron chi connectivity index (χ3n) is 1.29. The van der Waals surface area contributed by atoms with Crippen molar-refractivity contribution in [3.8, 4) is 0 Å². The molecule has 0 amide bonds. The molecule has 1 rings (SSSR count). The van der Waals surface area contributed by atoms with E-state index in [0.29, 0.717) is 0 Å². The summed E-state index contributed by atoms with van der Waals surface area (Å²) in [6.45, 7) is 0. The van der Waals surface area contributed by atoms with E-state index < -0.39 is 12.0 Å². The summed E-state index contributed by atoms with van der Waals surface area (Å²) in [7, 11) is 0. The van der Waals surface area contributed by atoms with Crippen LogP contribution in [0.4, 0.5) is 13.2 Å². The number of hydrogen-bond acceptors (Lipinski definition) is 1. The molecular formula is C8H5F3NO. The van der Waals surface area contributed by atoms with E-state index in [9.17, 15) is 18.0 Å². The van der Waals surface area contributed by atoms with Crippen molar-refractivity contribution in [2.24, 2.45) is 0 Å². The zero-order valence-corrected chi connectivity index (χ0v) is 6.38. The van der Waals surface area contributed by atoms with E-state index in [4.69, 9.17) is 0 Å². The van der Waals surface area contributed by atoms with E-state index in [0.717, 1.165) is 12.1 Å². The molecule has 0 fully saturated rings. The monoisotopic (exact) mass is 188 g/mol. The first-order valence-corrected chi connectivity index (χ1v) is 3.18. The first kappa shape index (κ1) is 11.6. The maximum Gasteiger partial charge on any atom is 0.454 e. The molecule has 0 N–H and O–H groups in total. The van der Waals surface area contributed by atoms with Crippen LogP contribution in [-0.2, 0) is 0 Å². The standard InChI is InChI=1S/C8H5F3O.N/c9-8(10,11)7(12)6-4-2-1-3-5-6;/h1-5H;. The molecule has 0 spiro atoms. The molecule has 0 aliphatic heterocycles. The summed E-state index contributed by atoms with van der Waals surface area (Å²) < 4.78 is 35.4. The van der Waals surface area contributed by atoms with Crippen LogP contribution in [0.2, 0.25) is 0 Å². The predicted octanol–water partition coefficient (Wildman–Crippen LogP) is 1.95. The van der Waals surface area contributed by atoms with Crippen LogP contribution in [0.15, 0.2) is 30.3 Å². The van der Waals surface area contributed by atoms with Crippen molar-refractivity contribution in [2.45, 2.75) is 6.18 Å². The number of carbonyl (C=O) groups excluding carboxylic acids is 1. The van der Waals surface area contributed by atoms with Crippen LogP contribution in [0.25, 0.3) is 0 Å². The average molecular weight is 188 g/mol. The molecule has 3 radical (unpaired) electrons. The molecular weight excluding hydrogens is 183 g/mol.